The predicted octanol–water partition coefficient (Wildman–Crippen LogP) is 2.43. The van der Waals surface area contributed by atoms with E-state index in [9.17, 15) is 4.79 Å². The van der Waals surface area contributed by atoms with Crippen LogP contribution < -0.4 is 4.74 Å². The van der Waals surface area contributed by atoms with Crippen molar-refractivity contribution >= 4 is 5.91 Å². The highest BCUT2D eigenvalue weighted by molar-refractivity contribution is 5.94. The number of likely N-dealkylation sites (tertiary alicyclic amines) is 2. The molecule has 6 nitrogen and oxygen atoms in total. The van der Waals surface area contributed by atoms with Crippen molar-refractivity contribution in [3.63, 3.8) is 0 Å². The minimum absolute atomic E-state index is 0.120. The first-order chi connectivity index (χ1) is 13.2. The molecule has 3 rings (SSSR count). The lowest BCUT2D eigenvalue weighted by Gasteiger charge is -2.41. The van der Waals surface area contributed by atoms with Crippen LogP contribution in [0.25, 0.3) is 0 Å². The van der Waals surface area contributed by atoms with Gasteiger partial charge in [0.1, 0.15) is 12.4 Å². The van der Waals surface area contributed by atoms with Crippen molar-refractivity contribution in [2.45, 2.75) is 37.8 Å². The van der Waals surface area contributed by atoms with Crippen molar-refractivity contribution in [3.05, 3.63) is 29.8 Å². The molecule has 0 unspecified atom stereocenters. The topological polar surface area (TPSA) is 51.2 Å². The lowest BCUT2D eigenvalue weighted by atomic mass is 9.98. The van der Waals surface area contributed by atoms with Crippen molar-refractivity contribution in [3.8, 4) is 5.75 Å². The predicted molar refractivity (Wildman–Crippen MR) is 104 cm³/mol. The number of methoxy groups -OCH3 is 2. The largest absolute Gasteiger partial charge is 0.491 e. The number of carbonyl (C=O) groups excluding carboxylic acids is 1. The van der Waals surface area contributed by atoms with Gasteiger partial charge in [0, 0.05) is 52.0 Å². The van der Waals surface area contributed by atoms with Gasteiger partial charge >= 0.3 is 0 Å². The van der Waals surface area contributed by atoms with E-state index >= 15 is 0 Å². The van der Waals surface area contributed by atoms with Crippen LogP contribution in [-0.2, 0) is 9.47 Å². The SMILES string of the molecule is COCCOc1ccc(C(=O)N2CCC(N3CCC(OC)CC3)CC2)cc1. The van der Waals surface area contributed by atoms with E-state index in [1.807, 2.05) is 36.3 Å². The minimum atomic E-state index is 0.120. The average Bonchev–Trinajstić information content (AvgIpc) is 2.74. The third-order valence-corrected chi connectivity index (χ3v) is 5.74. The van der Waals surface area contributed by atoms with E-state index in [1.165, 1.54) is 0 Å². The van der Waals surface area contributed by atoms with Gasteiger partial charge in [-0.25, -0.2) is 0 Å². The van der Waals surface area contributed by atoms with E-state index in [4.69, 9.17) is 14.2 Å². The summed E-state index contributed by atoms with van der Waals surface area (Å²) in [6.45, 7) is 4.96. The van der Waals surface area contributed by atoms with Crippen LogP contribution in [0, 0.1) is 0 Å². The fourth-order valence-electron chi connectivity index (χ4n) is 4.03. The Morgan fingerprint density at radius 2 is 1.63 bits per heavy atom. The van der Waals surface area contributed by atoms with E-state index in [0.29, 0.717) is 25.4 Å². The lowest BCUT2D eigenvalue weighted by molar-refractivity contribution is 0.0145. The third kappa shape index (κ3) is 5.43. The van der Waals surface area contributed by atoms with Crippen molar-refractivity contribution < 1.29 is 19.0 Å². The Hall–Kier alpha value is -1.63. The van der Waals surface area contributed by atoms with Crippen LogP contribution >= 0.6 is 0 Å². The highest BCUT2D eigenvalue weighted by Gasteiger charge is 2.29. The number of piperidine rings is 2. The molecule has 1 amide bonds. The van der Waals surface area contributed by atoms with Crippen LogP contribution in [0.3, 0.4) is 0 Å². The number of benzene rings is 1. The molecule has 0 aliphatic carbocycles. The molecule has 1 aromatic carbocycles. The second-order valence-electron chi connectivity index (χ2n) is 7.36. The molecule has 0 N–H and O–H groups in total. The number of hydrogen-bond donors (Lipinski definition) is 0. The molecule has 1 aromatic rings. The Bertz CT molecular complexity index is 576. The number of rotatable bonds is 7. The maximum Gasteiger partial charge on any atom is 0.253 e. The van der Waals surface area contributed by atoms with Gasteiger partial charge in [-0.15, -0.1) is 0 Å². The molecule has 0 saturated carbocycles. The van der Waals surface area contributed by atoms with Crippen molar-refractivity contribution in [1.29, 1.82) is 0 Å². The molecule has 6 heteroatoms. The third-order valence-electron chi connectivity index (χ3n) is 5.74. The fraction of sp³-hybridized carbons (Fsp3) is 0.667. The fourth-order valence-corrected chi connectivity index (χ4v) is 4.03. The minimum Gasteiger partial charge on any atom is -0.491 e. The number of carbonyl (C=O) groups is 1. The van der Waals surface area contributed by atoms with Crippen molar-refractivity contribution in [2.75, 3.05) is 53.6 Å². The van der Waals surface area contributed by atoms with Crippen LogP contribution in [0.1, 0.15) is 36.0 Å². The summed E-state index contributed by atoms with van der Waals surface area (Å²) >= 11 is 0. The Morgan fingerprint density at radius 1 is 0.963 bits per heavy atom. The van der Waals surface area contributed by atoms with E-state index < -0.39 is 0 Å². The van der Waals surface area contributed by atoms with Gasteiger partial charge in [-0.1, -0.05) is 0 Å². The van der Waals surface area contributed by atoms with Crippen LogP contribution in [-0.4, -0.2) is 81.5 Å². The number of nitrogens with zero attached hydrogens (tertiary/aromatic N) is 2. The van der Waals surface area contributed by atoms with Crippen LogP contribution in [0.15, 0.2) is 24.3 Å². The number of ether oxygens (including phenoxy) is 3. The second-order valence-corrected chi connectivity index (χ2v) is 7.36. The van der Waals surface area contributed by atoms with Gasteiger partial charge in [0.05, 0.1) is 12.7 Å². The van der Waals surface area contributed by atoms with Crippen molar-refractivity contribution in [1.82, 2.24) is 9.80 Å². The maximum absolute atomic E-state index is 12.8. The summed E-state index contributed by atoms with van der Waals surface area (Å²) in [5, 5.41) is 0. The molecule has 0 radical (unpaired) electrons. The van der Waals surface area contributed by atoms with Crippen LogP contribution in [0.4, 0.5) is 0 Å². The van der Waals surface area contributed by atoms with E-state index in [-0.39, 0.29) is 5.91 Å². The molecule has 0 atom stereocenters. The lowest BCUT2D eigenvalue weighted by Crippen LogP contribution is -2.49. The molecular formula is C21H32N2O4. The first-order valence-corrected chi connectivity index (χ1v) is 9.99. The molecule has 2 heterocycles. The van der Waals surface area contributed by atoms with Gasteiger partial charge < -0.3 is 24.0 Å². The maximum atomic E-state index is 12.8. The number of amides is 1. The highest BCUT2D eigenvalue weighted by atomic mass is 16.5. The van der Waals surface area contributed by atoms with Gasteiger partial charge in [0.15, 0.2) is 0 Å². The highest BCUT2D eigenvalue weighted by Crippen LogP contribution is 2.23. The molecule has 0 bridgehead atoms. The normalized spacial score (nSPS) is 20.0. The summed E-state index contributed by atoms with van der Waals surface area (Å²) in [4.78, 5) is 17.3. The van der Waals surface area contributed by atoms with E-state index in [0.717, 1.165) is 63.2 Å². The van der Waals surface area contributed by atoms with Gasteiger partial charge in [0.25, 0.3) is 5.91 Å². The van der Waals surface area contributed by atoms with Gasteiger partial charge in [-0.3, -0.25) is 4.79 Å². The molecule has 2 aliphatic heterocycles. The Morgan fingerprint density at radius 3 is 2.22 bits per heavy atom. The monoisotopic (exact) mass is 376 g/mol. The van der Waals surface area contributed by atoms with Gasteiger partial charge in [-0.05, 0) is 49.9 Å². The molecule has 2 saturated heterocycles. The molecule has 0 aromatic heterocycles. The van der Waals surface area contributed by atoms with E-state index in [2.05, 4.69) is 4.90 Å². The Balaban J connectivity index is 1.45. The molecule has 150 valence electrons. The summed E-state index contributed by atoms with van der Waals surface area (Å²) in [5.74, 6) is 0.886. The molecule has 2 aliphatic rings. The first-order valence-electron chi connectivity index (χ1n) is 9.99. The van der Waals surface area contributed by atoms with Crippen molar-refractivity contribution in [2.24, 2.45) is 0 Å². The van der Waals surface area contributed by atoms with Gasteiger partial charge in [0.2, 0.25) is 0 Å². The smallest absolute Gasteiger partial charge is 0.253 e. The standard InChI is InChI=1S/C21H32N2O4/c1-25-15-16-27-20-5-3-17(4-6-20)21(24)23-11-7-18(8-12-23)22-13-9-19(26-2)10-14-22/h3-6,18-19H,7-16H2,1-2H3. The average molecular weight is 376 g/mol. The molecule has 27 heavy (non-hydrogen) atoms. The molecule has 0 spiro atoms. The summed E-state index contributed by atoms with van der Waals surface area (Å²) in [7, 11) is 3.46. The Kier molecular flexibility index (Phi) is 7.50. The first kappa shape index (κ1) is 20.1. The zero-order valence-corrected chi connectivity index (χ0v) is 16.6. The van der Waals surface area contributed by atoms with Crippen LogP contribution in [0.5, 0.6) is 5.75 Å². The number of hydrogen-bond acceptors (Lipinski definition) is 5. The summed E-state index contributed by atoms with van der Waals surface area (Å²) in [5.41, 5.74) is 0.730. The molecular weight excluding hydrogens is 344 g/mol. The zero-order chi connectivity index (χ0) is 19.1. The second kappa shape index (κ2) is 10.1. The summed E-state index contributed by atoms with van der Waals surface area (Å²) in [6.07, 6.45) is 4.77. The summed E-state index contributed by atoms with van der Waals surface area (Å²) < 4.78 is 16.0. The van der Waals surface area contributed by atoms with E-state index in [1.54, 1.807) is 7.11 Å². The zero-order valence-electron chi connectivity index (χ0n) is 16.6. The molecule has 2 fully saturated rings. The van der Waals surface area contributed by atoms with Gasteiger partial charge in [-0.2, -0.15) is 0 Å². The summed E-state index contributed by atoms with van der Waals surface area (Å²) in [6, 6.07) is 8.02. The van der Waals surface area contributed by atoms with Crippen LogP contribution in [0.2, 0.25) is 0 Å². The Labute approximate surface area is 162 Å². The quantitative estimate of drug-likeness (QED) is 0.684.